The summed E-state index contributed by atoms with van der Waals surface area (Å²) in [6.07, 6.45) is 0. The first kappa shape index (κ1) is 13.9. The fraction of sp³-hybridized carbons (Fsp3) is 0.133. The molecule has 1 amide bonds. The summed E-state index contributed by atoms with van der Waals surface area (Å²) in [7, 11) is 1.79. The molecule has 1 N–H and O–H groups in total. The first-order valence-electron chi connectivity index (χ1n) is 5.98. The molecule has 0 heterocycles. The molecule has 4 heteroatoms. The number of hydrogen-bond donors (Lipinski definition) is 1. The van der Waals surface area contributed by atoms with Crippen LogP contribution in [-0.4, -0.2) is 19.5 Å². The number of hydrogen-bond acceptors (Lipinski definition) is 2. The van der Waals surface area contributed by atoms with E-state index < -0.39 is 0 Å². The Bertz CT molecular complexity index is 557. The molecule has 0 aliphatic carbocycles. The minimum Gasteiger partial charge on any atom is -0.375 e. The predicted molar refractivity (Wildman–Crippen MR) is 87.5 cm³/mol. The number of nitrogens with one attached hydrogen (secondary N) is 1. The summed E-state index contributed by atoms with van der Waals surface area (Å²) in [5.41, 5.74) is 1.88. The molecule has 0 aliphatic heterocycles. The molecular formula is C15H15IN2O. The lowest BCUT2D eigenvalue weighted by atomic mass is 10.3. The monoisotopic (exact) mass is 366 g/mol. The number of nitrogens with zero attached hydrogens (tertiary/aromatic N) is 1. The Kier molecular flexibility index (Phi) is 4.79. The van der Waals surface area contributed by atoms with E-state index in [1.807, 2.05) is 54.6 Å². The fourth-order valence-electron chi connectivity index (χ4n) is 1.69. The van der Waals surface area contributed by atoms with Gasteiger partial charge in [-0.3, -0.25) is 4.79 Å². The summed E-state index contributed by atoms with van der Waals surface area (Å²) < 4.78 is 1.11. The molecule has 98 valence electrons. The van der Waals surface area contributed by atoms with Crippen molar-refractivity contribution >= 4 is 39.9 Å². The molecule has 0 saturated heterocycles. The molecule has 0 fully saturated rings. The zero-order chi connectivity index (χ0) is 13.7. The molecule has 0 radical (unpaired) electrons. The zero-order valence-electron chi connectivity index (χ0n) is 10.6. The van der Waals surface area contributed by atoms with Crippen molar-refractivity contribution in [2.45, 2.75) is 0 Å². The molecular weight excluding hydrogens is 351 g/mol. The van der Waals surface area contributed by atoms with E-state index in [2.05, 4.69) is 27.9 Å². The molecule has 2 rings (SSSR count). The summed E-state index contributed by atoms with van der Waals surface area (Å²) in [6, 6.07) is 17.5. The van der Waals surface area contributed by atoms with Gasteiger partial charge in [-0.2, -0.15) is 0 Å². The number of rotatable bonds is 4. The highest BCUT2D eigenvalue weighted by atomic mass is 127. The smallest absolute Gasteiger partial charge is 0.246 e. The number of benzene rings is 2. The van der Waals surface area contributed by atoms with Gasteiger partial charge in [0.25, 0.3) is 0 Å². The standard InChI is InChI=1S/C15H15IN2O/c1-18(12-7-3-2-4-8-12)15(19)11-17-14-10-6-5-9-13(14)16/h2-10,17H,11H2,1H3. The van der Waals surface area contributed by atoms with Crippen LogP contribution in [0.5, 0.6) is 0 Å². The highest BCUT2D eigenvalue weighted by Crippen LogP contribution is 2.17. The van der Waals surface area contributed by atoms with Gasteiger partial charge in [0.15, 0.2) is 0 Å². The van der Waals surface area contributed by atoms with Gasteiger partial charge in [0.1, 0.15) is 0 Å². The minimum atomic E-state index is 0.0332. The first-order chi connectivity index (χ1) is 9.18. The van der Waals surface area contributed by atoms with Gasteiger partial charge in [-0.05, 0) is 46.9 Å². The highest BCUT2D eigenvalue weighted by molar-refractivity contribution is 14.1. The van der Waals surface area contributed by atoms with Crippen LogP contribution in [0.4, 0.5) is 11.4 Å². The van der Waals surface area contributed by atoms with Gasteiger partial charge in [-0.15, -0.1) is 0 Å². The van der Waals surface area contributed by atoms with E-state index in [1.54, 1.807) is 11.9 Å². The van der Waals surface area contributed by atoms with Crippen LogP contribution in [-0.2, 0) is 4.79 Å². The number of para-hydroxylation sites is 2. The van der Waals surface area contributed by atoms with E-state index in [0.29, 0.717) is 0 Å². The summed E-state index contributed by atoms with van der Waals surface area (Å²) in [5.74, 6) is 0.0332. The maximum atomic E-state index is 12.1. The van der Waals surface area contributed by atoms with Crippen LogP contribution in [0.25, 0.3) is 0 Å². The van der Waals surface area contributed by atoms with Gasteiger partial charge in [0.05, 0.1) is 6.54 Å². The van der Waals surface area contributed by atoms with Gasteiger partial charge in [0, 0.05) is 22.0 Å². The number of carbonyl (C=O) groups is 1. The lowest BCUT2D eigenvalue weighted by Crippen LogP contribution is -2.32. The Morgan fingerprint density at radius 3 is 2.42 bits per heavy atom. The highest BCUT2D eigenvalue weighted by Gasteiger charge is 2.10. The Morgan fingerprint density at radius 2 is 1.74 bits per heavy atom. The van der Waals surface area contributed by atoms with Crippen molar-refractivity contribution in [3.05, 3.63) is 58.2 Å². The van der Waals surface area contributed by atoms with Crippen molar-refractivity contribution in [1.82, 2.24) is 0 Å². The normalized spacial score (nSPS) is 10.0. The largest absolute Gasteiger partial charge is 0.375 e. The maximum Gasteiger partial charge on any atom is 0.246 e. The average Bonchev–Trinajstić information content (AvgIpc) is 2.46. The third-order valence-electron chi connectivity index (χ3n) is 2.82. The van der Waals surface area contributed by atoms with E-state index in [9.17, 15) is 4.79 Å². The second-order valence-electron chi connectivity index (χ2n) is 4.12. The molecule has 0 saturated carbocycles. The van der Waals surface area contributed by atoms with Crippen LogP contribution in [0.1, 0.15) is 0 Å². The van der Waals surface area contributed by atoms with E-state index in [4.69, 9.17) is 0 Å². The number of anilines is 2. The van der Waals surface area contributed by atoms with Gasteiger partial charge in [-0.1, -0.05) is 30.3 Å². The molecule has 19 heavy (non-hydrogen) atoms. The van der Waals surface area contributed by atoms with Gasteiger partial charge in [-0.25, -0.2) is 0 Å². The molecule has 0 spiro atoms. The lowest BCUT2D eigenvalue weighted by Gasteiger charge is -2.18. The fourth-order valence-corrected chi connectivity index (χ4v) is 2.27. The SMILES string of the molecule is CN(C(=O)CNc1ccccc1I)c1ccccc1. The molecule has 2 aromatic rings. The number of amides is 1. The second kappa shape index (κ2) is 6.56. The summed E-state index contributed by atoms with van der Waals surface area (Å²) in [5, 5.41) is 3.16. The van der Waals surface area contributed by atoms with Crippen molar-refractivity contribution in [2.75, 3.05) is 23.8 Å². The van der Waals surface area contributed by atoms with Crippen molar-refractivity contribution in [2.24, 2.45) is 0 Å². The number of likely N-dealkylation sites (N-methyl/N-ethyl adjacent to an activating group) is 1. The van der Waals surface area contributed by atoms with Crippen molar-refractivity contribution in [1.29, 1.82) is 0 Å². The Balaban J connectivity index is 1.97. The topological polar surface area (TPSA) is 32.3 Å². The van der Waals surface area contributed by atoms with Crippen LogP contribution in [0, 0.1) is 3.57 Å². The molecule has 2 aromatic carbocycles. The van der Waals surface area contributed by atoms with E-state index in [-0.39, 0.29) is 12.5 Å². The number of halogens is 1. The average molecular weight is 366 g/mol. The van der Waals surface area contributed by atoms with Crippen LogP contribution in [0.15, 0.2) is 54.6 Å². The Labute approximate surface area is 126 Å². The van der Waals surface area contributed by atoms with Crippen LogP contribution < -0.4 is 10.2 Å². The van der Waals surface area contributed by atoms with E-state index >= 15 is 0 Å². The molecule has 0 aliphatic rings. The van der Waals surface area contributed by atoms with Gasteiger partial charge in [0.2, 0.25) is 5.91 Å². The quantitative estimate of drug-likeness (QED) is 0.842. The molecule has 0 bridgehead atoms. The van der Waals surface area contributed by atoms with Crippen LogP contribution >= 0.6 is 22.6 Å². The Morgan fingerprint density at radius 1 is 1.11 bits per heavy atom. The van der Waals surface area contributed by atoms with Crippen molar-refractivity contribution < 1.29 is 4.79 Å². The molecule has 0 unspecified atom stereocenters. The Hall–Kier alpha value is -1.56. The predicted octanol–water partition coefficient (Wildman–Crippen LogP) is 3.37. The van der Waals surface area contributed by atoms with Crippen LogP contribution in [0.2, 0.25) is 0 Å². The third kappa shape index (κ3) is 3.70. The molecule has 0 aromatic heterocycles. The maximum absolute atomic E-state index is 12.1. The van der Waals surface area contributed by atoms with Crippen molar-refractivity contribution in [3.8, 4) is 0 Å². The van der Waals surface area contributed by atoms with Gasteiger partial charge < -0.3 is 10.2 Å². The molecule has 0 atom stereocenters. The lowest BCUT2D eigenvalue weighted by molar-refractivity contribution is -0.116. The summed E-state index contributed by atoms with van der Waals surface area (Å²) in [6.45, 7) is 0.283. The van der Waals surface area contributed by atoms with E-state index in [0.717, 1.165) is 14.9 Å². The minimum absolute atomic E-state index is 0.0332. The van der Waals surface area contributed by atoms with Gasteiger partial charge >= 0.3 is 0 Å². The van der Waals surface area contributed by atoms with E-state index in [1.165, 1.54) is 0 Å². The zero-order valence-corrected chi connectivity index (χ0v) is 12.8. The first-order valence-corrected chi connectivity index (χ1v) is 7.06. The van der Waals surface area contributed by atoms with Crippen LogP contribution in [0.3, 0.4) is 0 Å². The van der Waals surface area contributed by atoms with Crippen molar-refractivity contribution in [3.63, 3.8) is 0 Å². The summed E-state index contributed by atoms with van der Waals surface area (Å²) in [4.78, 5) is 13.7. The summed E-state index contributed by atoms with van der Waals surface area (Å²) >= 11 is 2.25. The second-order valence-corrected chi connectivity index (χ2v) is 5.28. The third-order valence-corrected chi connectivity index (χ3v) is 3.76. The molecule has 3 nitrogen and oxygen atoms in total. The number of carbonyl (C=O) groups excluding carboxylic acids is 1.